The van der Waals surface area contributed by atoms with E-state index in [1.807, 2.05) is 47.5 Å². The zero-order valence-electron chi connectivity index (χ0n) is 30.6. The fourth-order valence-electron chi connectivity index (χ4n) is 5.82. The first-order valence-electron chi connectivity index (χ1n) is 17.7. The molecule has 1 atom stereocenters. The first kappa shape index (κ1) is 40.3. The van der Waals surface area contributed by atoms with E-state index in [4.69, 9.17) is 4.74 Å². The van der Waals surface area contributed by atoms with Crippen molar-refractivity contribution >= 4 is 31.8 Å². The number of halogens is 2. The van der Waals surface area contributed by atoms with Gasteiger partial charge in [0.25, 0.3) is 0 Å². The molecule has 0 bridgehead atoms. The third kappa shape index (κ3) is 13.6. The van der Waals surface area contributed by atoms with Gasteiger partial charge in [0.1, 0.15) is 11.6 Å². The number of benzene rings is 2. The van der Waals surface area contributed by atoms with Crippen LogP contribution in [-0.2, 0) is 16.1 Å². The first-order valence-corrected chi connectivity index (χ1v) is 22.5. The second kappa shape index (κ2) is 19.3. The van der Waals surface area contributed by atoms with Gasteiger partial charge in [-0.05, 0) is 59.9 Å². The Morgan fingerprint density at radius 2 is 1.73 bits per heavy atom. The Morgan fingerprint density at radius 3 is 2.41 bits per heavy atom. The van der Waals surface area contributed by atoms with Gasteiger partial charge in [-0.1, -0.05) is 96.9 Å². The van der Waals surface area contributed by atoms with Crippen molar-refractivity contribution < 1.29 is 23.1 Å². The molecule has 0 fully saturated rings. The second-order valence-corrected chi connectivity index (χ2v) is 21.8. The molecule has 0 saturated heterocycles. The van der Waals surface area contributed by atoms with E-state index >= 15 is 4.39 Å². The molecule has 1 aromatic heterocycles. The SMILES string of the molecule is CCCCCCSCC(=O)N(CCCNC(=O)OCC[Si](C)(C)C)[C@@H](c1cc(-c2cc(F)ccc2F)cn1Cc1ccccc1)C(C)(C)C. The summed E-state index contributed by atoms with van der Waals surface area (Å²) in [6.45, 7) is 16.9. The molecule has 10 heteroatoms. The van der Waals surface area contributed by atoms with Crippen molar-refractivity contribution in [2.45, 2.75) is 98.1 Å². The smallest absolute Gasteiger partial charge is 0.407 e. The summed E-state index contributed by atoms with van der Waals surface area (Å²) >= 11 is 1.66. The van der Waals surface area contributed by atoms with Gasteiger partial charge in [-0.2, -0.15) is 11.8 Å². The number of carbonyl (C=O) groups excluding carboxylic acids is 2. The van der Waals surface area contributed by atoms with Crippen molar-refractivity contribution in [1.29, 1.82) is 0 Å². The summed E-state index contributed by atoms with van der Waals surface area (Å²) < 4.78 is 37.0. The minimum Gasteiger partial charge on any atom is -0.450 e. The van der Waals surface area contributed by atoms with Crippen LogP contribution in [0.25, 0.3) is 11.1 Å². The van der Waals surface area contributed by atoms with Crippen molar-refractivity contribution in [2.24, 2.45) is 5.41 Å². The molecule has 49 heavy (non-hydrogen) atoms. The number of alkyl carbamates (subject to hydrolysis) is 1. The predicted octanol–water partition coefficient (Wildman–Crippen LogP) is 10.2. The molecule has 0 radical (unpaired) electrons. The second-order valence-electron chi connectivity index (χ2n) is 15.1. The van der Waals surface area contributed by atoms with Crippen LogP contribution in [0.4, 0.5) is 13.6 Å². The van der Waals surface area contributed by atoms with E-state index in [9.17, 15) is 14.0 Å². The molecule has 3 aromatic rings. The van der Waals surface area contributed by atoms with Crippen LogP contribution >= 0.6 is 11.8 Å². The Labute approximate surface area is 298 Å². The third-order valence-electron chi connectivity index (χ3n) is 8.40. The average Bonchev–Trinajstić information content (AvgIpc) is 3.42. The number of hydrogen-bond acceptors (Lipinski definition) is 4. The van der Waals surface area contributed by atoms with Crippen LogP contribution in [0.1, 0.15) is 77.1 Å². The summed E-state index contributed by atoms with van der Waals surface area (Å²) in [5, 5.41) is 2.86. The van der Waals surface area contributed by atoms with E-state index in [2.05, 4.69) is 57.2 Å². The van der Waals surface area contributed by atoms with Crippen molar-refractivity contribution in [2.75, 3.05) is 31.2 Å². The average molecular weight is 714 g/mol. The lowest BCUT2D eigenvalue weighted by atomic mass is 9.83. The highest BCUT2D eigenvalue weighted by Crippen LogP contribution is 2.41. The normalized spacial score (nSPS) is 12.5. The number of amides is 2. The maximum Gasteiger partial charge on any atom is 0.407 e. The van der Waals surface area contributed by atoms with Gasteiger partial charge in [0.15, 0.2) is 0 Å². The fraction of sp³-hybridized carbons (Fsp3) is 0.538. The number of aromatic nitrogens is 1. The molecular weight excluding hydrogens is 657 g/mol. The number of carbonyl (C=O) groups is 2. The first-order chi connectivity index (χ1) is 23.2. The molecule has 0 aliphatic heterocycles. The maximum atomic E-state index is 15.1. The van der Waals surface area contributed by atoms with Crippen LogP contribution in [0, 0.1) is 17.0 Å². The summed E-state index contributed by atoms with van der Waals surface area (Å²) in [6, 6.07) is 15.9. The van der Waals surface area contributed by atoms with Crippen LogP contribution in [0.15, 0.2) is 60.8 Å². The Balaban J connectivity index is 1.95. The van der Waals surface area contributed by atoms with E-state index in [0.29, 0.717) is 44.0 Å². The number of thioether (sulfide) groups is 1. The largest absolute Gasteiger partial charge is 0.450 e. The standard InChI is InChI=1S/C39H57F2N3O3SSi/c1-8-9-10-14-23-48-29-36(45)44(21-15-20-42-38(46)47-22-24-49(5,6)7)37(39(2,3)4)35-25-31(33-26-32(40)18-19-34(33)41)28-43(35)27-30-16-12-11-13-17-30/h11-13,16-19,25-26,28,37H,8-10,14-15,20-24,27,29H2,1-7H3,(H,42,46)/t37-/m0/s1. The van der Waals surface area contributed by atoms with Gasteiger partial charge in [-0.25, -0.2) is 13.6 Å². The van der Waals surface area contributed by atoms with Gasteiger partial charge >= 0.3 is 6.09 Å². The minimum absolute atomic E-state index is 0.0177. The molecule has 0 aliphatic rings. The number of nitrogens with one attached hydrogen (secondary N) is 1. The summed E-state index contributed by atoms with van der Waals surface area (Å²) in [5.74, 6) is 0.255. The van der Waals surface area contributed by atoms with Gasteiger partial charge in [0.05, 0.1) is 18.4 Å². The van der Waals surface area contributed by atoms with Crippen molar-refractivity contribution in [3.05, 3.63) is 83.7 Å². The van der Waals surface area contributed by atoms with Crippen LogP contribution < -0.4 is 5.32 Å². The molecule has 1 heterocycles. The Kier molecular flexibility index (Phi) is 15.9. The van der Waals surface area contributed by atoms with E-state index in [1.165, 1.54) is 12.5 Å². The minimum atomic E-state index is -1.32. The lowest BCUT2D eigenvalue weighted by Gasteiger charge is -2.41. The Bertz CT molecular complexity index is 1470. The molecule has 0 spiro atoms. The molecule has 3 rings (SSSR count). The highest BCUT2D eigenvalue weighted by molar-refractivity contribution is 7.99. The van der Waals surface area contributed by atoms with Crippen molar-refractivity contribution in [3.8, 4) is 11.1 Å². The highest BCUT2D eigenvalue weighted by atomic mass is 32.2. The van der Waals surface area contributed by atoms with Gasteiger partial charge < -0.3 is 19.5 Å². The quantitative estimate of drug-likeness (QED) is 0.0993. The monoisotopic (exact) mass is 713 g/mol. The zero-order valence-corrected chi connectivity index (χ0v) is 32.4. The topological polar surface area (TPSA) is 63.6 Å². The molecule has 0 unspecified atom stereocenters. The Hall–Kier alpha value is -3.11. The number of hydrogen-bond donors (Lipinski definition) is 1. The Morgan fingerprint density at radius 1 is 1.00 bits per heavy atom. The summed E-state index contributed by atoms with van der Waals surface area (Å²) in [7, 11) is -1.32. The summed E-state index contributed by atoms with van der Waals surface area (Å²) in [6.07, 6.45) is 6.53. The molecule has 270 valence electrons. The van der Waals surface area contributed by atoms with Crippen molar-refractivity contribution in [3.63, 3.8) is 0 Å². The third-order valence-corrected chi connectivity index (χ3v) is 11.1. The molecule has 2 aromatic carbocycles. The van der Waals surface area contributed by atoms with Crippen molar-refractivity contribution in [1.82, 2.24) is 14.8 Å². The van der Waals surface area contributed by atoms with Gasteiger partial charge in [-0.15, -0.1) is 0 Å². The molecule has 0 saturated carbocycles. The molecule has 6 nitrogen and oxygen atoms in total. The highest BCUT2D eigenvalue weighted by Gasteiger charge is 2.37. The predicted molar refractivity (Wildman–Crippen MR) is 203 cm³/mol. The van der Waals surface area contributed by atoms with Crippen LogP contribution in [0.3, 0.4) is 0 Å². The van der Waals surface area contributed by atoms with E-state index in [0.717, 1.165) is 54.4 Å². The van der Waals surface area contributed by atoms with E-state index in [-0.39, 0.29) is 11.5 Å². The lowest BCUT2D eigenvalue weighted by Crippen LogP contribution is -2.44. The number of ether oxygens (including phenoxy) is 1. The van der Waals surface area contributed by atoms with Crippen LogP contribution in [-0.4, -0.2) is 60.7 Å². The number of unbranched alkanes of at least 4 members (excludes halogenated alkanes) is 3. The van der Waals surface area contributed by atoms with Gasteiger partial charge in [0.2, 0.25) is 5.91 Å². The van der Waals surface area contributed by atoms with E-state index in [1.54, 1.807) is 11.8 Å². The number of nitrogens with zero attached hydrogens (tertiary/aromatic N) is 2. The van der Waals surface area contributed by atoms with Gasteiger partial charge in [-0.3, -0.25) is 4.79 Å². The molecule has 2 amide bonds. The fourth-order valence-corrected chi connectivity index (χ4v) is 7.43. The molecular formula is C39H57F2N3O3SSi. The number of rotatable bonds is 19. The van der Waals surface area contributed by atoms with E-state index < -0.39 is 37.3 Å². The zero-order chi connectivity index (χ0) is 36.0. The molecule has 1 N–H and O–H groups in total. The van der Waals surface area contributed by atoms with Crippen LogP contribution in [0.2, 0.25) is 25.7 Å². The van der Waals surface area contributed by atoms with Gasteiger partial charge in [0, 0.05) is 50.7 Å². The lowest BCUT2D eigenvalue weighted by molar-refractivity contribution is -0.133. The van der Waals surface area contributed by atoms with Crippen LogP contribution in [0.5, 0.6) is 0 Å². The molecule has 0 aliphatic carbocycles. The maximum absolute atomic E-state index is 15.1. The summed E-state index contributed by atoms with van der Waals surface area (Å²) in [4.78, 5) is 28.5. The summed E-state index contributed by atoms with van der Waals surface area (Å²) in [5.41, 5.74) is 2.20.